The number of halogens is 1. The molecule has 1 heterocycles. The number of ether oxygens (including phenoxy) is 1. The Kier molecular flexibility index (Phi) is 3.56. The number of aromatic amines is 1. The van der Waals surface area contributed by atoms with Gasteiger partial charge in [0.1, 0.15) is 12.3 Å². The van der Waals surface area contributed by atoms with Crippen LogP contribution in [-0.2, 0) is 0 Å². The lowest BCUT2D eigenvalue weighted by Gasteiger charge is -2.04. The summed E-state index contributed by atoms with van der Waals surface area (Å²) >= 11 is 0. The van der Waals surface area contributed by atoms with Gasteiger partial charge in [0.2, 0.25) is 0 Å². The van der Waals surface area contributed by atoms with Crippen LogP contribution in [-0.4, -0.2) is 39.6 Å². The summed E-state index contributed by atoms with van der Waals surface area (Å²) in [6.45, 7) is 0.288. The van der Waals surface area contributed by atoms with Gasteiger partial charge in [0.05, 0.1) is 11.5 Å². The fourth-order valence-electron chi connectivity index (χ4n) is 0.939. The molecule has 0 aliphatic heterocycles. The van der Waals surface area contributed by atoms with E-state index in [1.807, 2.05) is 0 Å². The number of aliphatic hydroxyl groups is 1. The molecule has 1 unspecified atom stereocenters. The quantitative estimate of drug-likeness (QED) is 0.549. The van der Waals surface area contributed by atoms with E-state index in [1.165, 1.54) is 6.92 Å². The Balaban J connectivity index is 2.73. The Morgan fingerprint density at radius 2 is 2.47 bits per heavy atom. The fourth-order valence-corrected chi connectivity index (χ4v) is 0.939. The van der Waals surface area contributed by atoms with E-state index in [2.05, 4.69) is 10.2 Å². The van der Waals surface area contributed by atoms with Crippen molar-refractivity contribution < 1.29 is 19.2 Å². The van der Waals surface area contributed by atoms with Gasteiger partial charge >= 0.3 is 11.6 Å². The van der Waals surface area contributed by atoms with Crippen LogP contribution < -0.4 is 4.74 Å². The normalized spacial score (nSPS) is 12.5. The summed E-state index contributed by atoms with van der Waals surface area (Å²) in [7, 11) is 0. The van der Waals surface area contributed by atoms with E-state index in [4.69, 9.17) is 9.84 Å². The predicted octanol–water partition coefficient (Wildman–Crippen LogP) is 0.336. The van der Waals surface area contributed by atoms with Gasteiger partial charge in [-0.25, -0.2) is 4.39 Å². The molecule has 0 spiro atoms. The highest BCUT2D eigenvalue weighted by Crippen LogP contribution is 2.27. The molecule has 0 saturated carbocycles. The smallest absolute Gasteiger partial charge is 0.352 e. The molecule has 0 aliphatic rings. The maximum absolute atomic E-state index is 12.6. The average Bonchev–Trinajstić information content (AvgIpc) is 2.56. The van der Waals surface area contributed by atoms with Crippen LogP contribution in [0.15, 0.2) is 0 Å². The molecule has 8 heteroatoms. The lowest BCUT2D eigenvalue weighted by Crippen LogP contribution is -2.17. The molecule has 0 amide bonds. The first-order valence-electron chi connectivity index (χ1n) is 4.13. The molecule has 15 heavy (non-hydrogen) atoms. The van der Waals surface area contributed by atoms with Crippen LogP contribution in [0, 0.1) is 17.0 Å². The Hall–Kier alpha value is -1.70. The van der Waals surface area contributed by atoms with E-state index in [0.29, 0.717) is 0 Å². The number of nitro groups is 1. The third-order valence-electron chi connectivity index (χ3n) is 1.66. The van der Waals surface area contributed by atoms with E-state index in [0.717, 1.165) is 0 Å². The molecule has 1 aromatic rings. The van der Waals surface area contributed by atoms with Gasteiger partial charge in [-0.1, -0.05) is 0 Å². The summed E-state index contributed by atoms with van der Waals surface area (Å²) in [5, 5.41) is 24.8. The molecule has 1 atom stereocenters. The molecule has 1 rings (SSSR count). The summed E-state index contributed by atoms with van der Waals surface area (Å²) in [4.78, 5) is 9.87. The van der Waals surface area contributed by atoms with Gasteiger partial charge in [0, 0.05) is 0 Å². The van der Waals surface area contributed by atoms with Crippen molar-refractivity contribution in [3.8, 4) is 5.88 Å². The summed E-state index contributed by atoms with van der Waals surface area (Å²) in [6.07, 6.45) is -1.58. The van der Waals surface area contributed by atoms with E-state index in [9.17, 15) is 14.5 Å². The SMILES string of the molecule is Cc1[nH]nc(OCC(F)CO)c1[N+](=O)[O-]. The molecule has 2 N–H and O–H groups in total. The van der Waals surface area contributed by atoms with Crippen LogP contribution in [0.5, 0.6) is 5.88 Å². The van der Waals surface area contributed by atoms with Crippen molar-refractivity contribution >= 4 is 5.69 Å². The van der Waals surface area contributed by atoms with Crippen LogP contribution in [0.25, 0.3) is 0 Å². The van der Waals surface area contributed by atoms with Gasteiger partial charge in [-0.05, 0) is 6.92 Å². The highest BCUT2D eigenvalue weighted by molar-refractivity contribution is 5.44. The average molecular weight is 219 g/mol. The zero-order chi connectivity index (χ0) is 11.4. The zero-order valence-corrected chi connectivity index (χ0v) is 7.94. The Bertz CT molecular complexity index is 354. The lowest BCUT2D eigenvalue weighted by molar-refractivity contribution is -0.386. The molecule has 0 aromatic carbocycles. The van der Waals surface area contributed by atoms with Crippen LogP contribution in [0.3, 0.4) is 0 Å². The first-order valence-corrected chi connectivity index (χ1v) is 4.13. The third kappa shape index (κ3) is 2.62. The van der Waals surface area contributed by atoms with Gasteiger partial charge in [-0.2, -0.15) is 0 Å². The first kappa shape index (κ1) is 11.4. The number of hydrogen-bond donors (Lipinski definition) is 2. The monoisotopic (exact) mass is 219 g/mol. The number of nitrogens with zero attached hydrogens (tertiary/aromatic N) is 2. The fraction of sp³-hybridized carbons (Fsp3) is 0.571. The molecule has 0 radical (unpaired) electrons. The Morgan fingerprint density at radius 1 is 1.80 bits per heavy atom. The summed E-state index contributed by atoms with van der Waals surface area (Å²) < 4.78 is 17.3. The second-order valence-corrected chi connectivity index (χ2v) is 2.85. The van der Waals surface area contributed by atoms with Gasteiger partial charge in [0.15, 0.2) is 6.17 Å². The maximum atomic E-state index is 12.6. The van der Waals surface area contributed by atoms with Crippen LogP contribution in [0.4, 0.5) is 10.1 Å². The highest BCUT2D eigenvalue weighted by Gasteiger charge is 2.23. The number of hydrogen-bond acceptors (Lipinski definition) is 5. The third-order valence-corrected chi connectivity index (χ3v) is 1.66. The number of rotatable bonds is 5. The van der Waals surface area contributed by atoms with Crippen LogP contribution in [0.1, 0.15) is 5.69 Å². The molecular formula is C7H10FN3O4. The largest absolute Gasteiger partial charge is 0.469 e. The minimum Gasteiger partial charge on any atom is -0.469 e. The number of alkyl halides is 1. The summed E-state index contributed by atoms with van der Waals surface area (Å²) in [6, 6.07) is 0. The molecule has 84 valence electrons. The molecular weight excluding hydrogens is 209 g/mol. The van der Waals surface area contributed by atoms with Crippen molar-refractivity contribution in [3.63, 3.8) is 0 Å². The molecule has 7 nitrogen and oxygen atoms in total. The molecule has 0 aliphatic carbocycles. The summed E-state index contributed by atoms with van der Waals surface area (Å²) in [5.41, 5.74) is -0.0884. The molecule has 1 aromatic heterocycles. The number of H-pyrrole nitrogens is 1. The van der Waals surface area contributed by atoms with Gasteiger partial charge in [0.25, 0.3) is 0 Å². The standard InChI is InChI=1S/C7H10FN3O4/c1-4-6(11(13)14)7(10-9-4)15-3-5(8)2-12/h5,12H,2-3H2,1H3,(H,9,10). The van der Waals surface area contributed by atoms with Crippen molar-refractivity contribution in [3.05, 3.63) is 15.8 Å². The van der Waals surface area contributed by atoms with Crippen molar-refractivity contribution in [1.82, 2.24) is 10.2 Å². The number of aromatic nitrogens is 2. The second kappa shape index (κ2) is 4.69. The predicted molar refractivity (Wildman–Crippen MR) is 47.5 cm³/mol. The van der Waals surface area contributed by atoms with Crippen molar-refractivity contribution in [1.29, 1.82) is 0 Å². The number of aryl methyl sites for hydroxylation is 1. The number of aliphatic hydroxyl groups excluding tert-OH is 1. The Labute approximate surface area is 84.0 Å². The van der Waals surface area contributed by atoms with Crippen LogP contribution >= 0.6 is 0 Å². The molecule has 0 saturated heterocycles. The van der Waals surface area contributed by atoms with Crippen molar-refractivity contribution in [2.45, 2.75) is 13.1 Å². The Morgan fingerprint density at radius 3 is 3.00 bits per heavy atom. The van der Waals surface area contributed by atoms with Crippen molar-refractivity contribution in [2.24, 2.45) is 0 Å². The van der Waals surface area contributed by atoms with Gasteiger partial charge < -0.3 is 9.84 Å². The van der Waals surface area contributed by atoms with Gasteiger partial charge in [-0.15, -0.1) is 5.10 Å². The lowest BCUT2D eigenvalue weighted by atomic mass is 10.4. The minimum atomic E-state index is -1.58. The zero-order valence-electron chi connectivity index (χ0n) is 7.94. The first-order chi connectivity index (χ1) is 7.06. The van der Waals surface area contributed by atoms with Crippen LogP contribution in [0.2, 0.25) is 0 Å². The second-order valence-electron chi connectivity index (χ2n) is 2.85. The van der Waals surface area contributed by atoms with E-state index in [1.54, 1.807) is 0 Å². The van der Waals surface area contributed by atoms with E-state index in [-0.39, 0.29) is 17.3 Å². The summed E-state index contributed by atoms with van der Waals surface area (Å²) in [5.74, 6) is -0.270. The minimum absolute atomic E-state index is 0.231. The van der Waals surface area contributed by atoms with Gasteiger partial charge in [-0.3, -0.25) is 15.2 Å². The highest BCUT2D eigenvalue weighted by atomic mass is 19.1. The number of nitrogens with one attached hydrogen (secondary N) is 1. The molecule has 0 bridgehead atoms. The van der Waals surface area contributed by atoms with E-state index >= 15 is 0 Å². The molecule has 0 fully saturated rings. The van der Waals surface area contributed by atoms with Crippen molar-refractivity contribution in [2.75, 3.05) is 13.2 Å². The maximum Gasteiger partial charge on any atom is 0.352 e. The van der Waals surface area contributed by atoms with E-state index < -0.39 is 24.3 Å². The topological polar surface area (TPSA) is 101 Å².